The van der Waals surface area contributed by atoms with E-state index in [1.807, 2.05) is 72.8 Å². The summed E-state index contributed by atoms with van der Waals surface area (Å²) in [5, 5.41) is 13.1. The number of benzene rings is 3. The van der Waals surface area contributed by atoms with E-state index in [2.05, 4.69) is 37.2 Å². The summed E-state index contributed by atoms with van der Waals surface area (Å²) < 4.78 is 42.1. The van der Waals surface area contributed by atoms with Crippen molar-refractivity contribution >= 4 is 47.0 Å². The van der Waals surface area contributed by atoms with Gasteiger partial charge >= 0.3 is 23.9 Å². The Labute approximate surface area is 395 Å². The van der Waals surface area contributed by atoms with Crippen LogP contribution in [0.3, 0.4) is 0 Å². The number of aromatic nitrogens is 2. The summed E-state index contributed by atoms with van der Waals surface area (Å²) in [4.78, 5) is 62.4. The number of aliphatic hydroxyl groups excluding tert-OH is 1. The van der Waals surface area contributed by atoms with Crippen LogP contribution in [0.25, 0.3) is 0 Å². The molecule has 0 spiro atoms. The minimum atomic E-state index is -1.29. The second-order valence-electron chi connectivity index (χ2n) is 16.7. The molecule has 0 bridgehead atoms. The highest BCUT2D eigenvalue weighted by molar-refractivity contribution is 7.80. The minimum absolute atomic E-state index is 0.00989. The molecule has 3 aromatic carbocycles. The van der Waals surface area contributed by atoms with Crippen molar-refractivity contribution < 1.29 is 57.4 Å². The lowest BCUT2D eigenvalue weighted by molar-refractivity contribution is -0.263. The van der Waals surface area contributed by atoms with Gasteiger partial charge < -0.3 is 48.5 Å². The van der Waals surface area contributed by atoms with Gasteiger partial charge in [-0.25, -0.2) is 9.97 Å². The number of nitrogens with zero attached hydrogens (tertiary/aromatic N) is 4. The molecule has 1 aromatic heterocycles. The fraction of sp³-hybridized carbons (Fsp3) is 0.449. The molecule has 17 nitrogen and oxygen atoms in total. The first kappa shape index (κ1) is 49.0. The largest absolute Gasteiger partial charge is 0.463 e. The molecule has 4 aromatic rings. The smallest absolute Gasteiger partial charge is 0.303 e. The second-order valence-corrected chi connectivity index (χ2v) is 17.2. The number of carbonyl (C=O) groups excluding carboxylic acids is 4. The molecule has 7 rings (SSSR count). The number of hydrogen-bond donors (Lipinski definition) is 2. The maximum Gasteiger partial charge on any atom is 0.303 e. The third-order valence-electron chi connectivity index (χ3n) is 11.8. The predicted molar refractivity (Wildman–Crippen MR) is 246 cm³/mol. The summed E-state index contributed by atoms with van der Waals surface area (Å²) in [7, 11) is 0. The predicted octanol–water partition coefficient (Wildman–Crippen LogP) is 4.66. The number of ether oxygens (including phenoxy) is 7. The van der Waals surface area contributed by atoms with Crippen LogP contribution in [0, 0.1) is 0 Å². The monoisotopic (exact) mass is 939 g/mol. The highest BCUT2D eigenvalue weighted by atomic mass is 32.1. The molecule has 67 heavy (non-hydrogen) atoms. The van der Waals surface area contributed by atoms with Crippen molar-refractivity contribution in [3.63, 3.8) is 0 Å². The number of carbonyl (C=O) groups is 4. The molecule has 3 saturated heterocycles. The zero-order valence-corrected chi connectivity index (χ0v) is 38.7. The van der Waals surface area contributed by atoms with E-state index < -0.39 is 60.7 Å². The van der Waals surface area contributed by atoms with E-state index in [1.54, 1.807) is 12.4 Å². The van der Waals surface area contributed by atoms with Crippen LogP contribution >= 0.6 is 12.2 Å². The summed E-state index contributed by atoms with van der Waals surface area (Å²) in [6.07, 6.45) is -3.64. The fourth-order valence-corrected chi connectivity index (χ4v) is 8.97. The van der Waals surface area contributed by atoms with Crippen LogP contribution < -0.4 is 10.2 Å². The standard InChI is InChI=1S/C49H57N5O12S/c1-30(56)60-29-41-46(62-32(3)58)47(63-33(4)59)45(61-31(2)57)39(64-41)25-42(67)52-26-34-11-17-38(18-12-34)48-65-40(27-53-21-23-54(24-22-53)49-50-19-8-20-51-49)43(36-9-6-5-7-10-36)44(66-48)37-15-13-35(28-55)14-16-37/h5-20,39-41,43-48,55H,21-29H2,1-4H3,(H,52,67)/t39-,40+,41+,43+,44-,45-,46+,47+,48?/m0/s1. The zero-order chi connectivity index (χ0) is 47.5. The van der Waals surface area contributed by atoms with Gasteiger partial charge in [0.05, 0.1) is 23.8 Å². The zero-order valence-electron chi connectivity index (χ0n) is 37.9. The van der Waals surface area contributed by atoms with Gasteiger partial charge in [-0.05, 0) is 28.3 Å². The lowest BCUT2D eigenvalue weighted by Crippen LogP contribution is -2.62. The Morgan fingerprint density at radius 1 is 0.672 bits per heavy atom. The van der Waals surface area contributed by atoms with Gasteiger partial charge in [0.25, 0.3) is 0 Å². The van der Waals surface area contributed by atoms with Gasteiger partial charge in [0.1, 0.15) is 18.8 Å². The first-order valence-electron chi connectivity index (χ1n) is 22.3. The van der Waals surface area contributed by atoms with Crippen molar-refractivity contribution in [1.29, 1.82) is 0 Å². The number of esters is 4. The van der Waals surface area contributed by atoms with Crippen LogP contribution in [0.15, 0.2) is 97.3 Å². The van der Waals surface area contributed by atoms with Gasteiger partial charge in [-0.2, -0.15) is 0 Å². The van der Waals surface area contributed by atoms with Crippen molar-refractivity contribution in [3.05, 3.63) is 125 Å². The highest BCUT2D eigenvalue weighted by Crippen LogP contribution is 2.47. The molecule has 4 heterocycles. The summed E-state index contributed by atoms with van der Waals surface area (Å²) in [5.41, 5.74) is 4.59. The lowest BCUT2D eigenvalue weighted by Gasteiger charge is -2.45. The average Bonchev–Trinajstić information content (AvgIpc) is 3.32. The number of hydrogen-bond acceptors (Lipinski definition) is 17. The van der Waals surface area contributed by atoms with Crippen molar-refractivity contribution in [3.8, 4) is 0 Å². The Bertz CT molecular complexity index is 2290. The normalized spacial score (nSPS) is 25.3. The first-order chi connectivity index (χ1) is 32.3. The molecular formula is C49H57N5O12S. The van der Waals surface area contributed by atoms with Gasteiger partial charge in [-0.1, -0.05) is 91.1 Å². The number of nitrogens with one attached hydrogen (secondary N) is 1. The second kappa shape index (κ2) is 23.2. The van der Waals surface area contributed by atoms with Crippen LogP contribution in [0.4, 0.5) is 5.95 Å². The number of piperazine rings is 1. The molecule has 0 saturated carbocycles. The van der Waals surface area contributed by atoms with Crippen LogP contribution in [-0.2, 0) is 65.5 Å². The van der Waals surface area contributed by atoms with Gasteiger partial charge in [0, 0.05) is 97.3 Å². The summed E-state index contributed by atoms with van der Waals surface area (Å²) >= 11 is 5.76. The van der Waals surface area contributed by atoms with E-state index in [9.17, 15) is 24.3 Å². The molecule has 0 aliphatic carbocycles. The van der Waals surface area contributed by atoms with E-state index >= 15 is 0 Å². The van der Waals surface area contributed by atoms with Gasteiger partial charge in [-0.15, -0.1) is 0 Å². The summed E-state index contributed by atoms with van der Waals surface area (Å²) in [5.74, 6) is -2.15. The number of aliphatic hydroxyl groups is 1. The maximum absolute atomic E-state index is 12.3. The van der Waals surface area contributed by atoms with Crippen molar-refractivity contribution in [2.75, 3.05) is 44.2 Å². The van der Waals surface area contributed by atoms with E-state index in [0.717, 1.165) is 59.9 Å². The van der Waals surface area contributed by atoms with E-state index in [4.69, 9.17) is 45.4 Å². The maximum atomic E-state index is 12.3. The summed E-state index contributed by atoms with van der Waals surface area (Å²) in [6, 6.07) is 27.9. The van der Waals surface area contributed by atoms with E-state index in [-0.39, 0.29) is 37.8 Å². The van der Waals surface area contributed by atoms with Crippen LogP contribution in [0.5, 0.6) is 0 Å². The Morgan fingerprint density at radius 2 is 1.27 bits per heavy atom. The Balaban J connectivity index is 1.07. The average molecular weight is 940 g/mol. The molecule has 0 radical (unpaired) electrons. The molecule has 356 valence electrons. The van der Waals surface area contributed by atoms with Gasteiger partial charge in [-0.3, -0.25) is 24.1 Å². The Hall–Kier alpha value is -5.89. The van der Waals surface area contributed by atoms with Gasteiger partial charge in [0.2, 0.25) is 5.95 Å². The summed E-state index contributed by atoms with van der Waals surface area (Å²) in [6.45, 7) is 8.49. The van der Waals surface area contributed by atoms with Crippen LogP contribution in [-0.4, -0.2) is 125 Å². The van der Waals surface area contributed by atoms with Crippen molar-refractivity contribution in [2.24, 2.45) is 0 Å². The molecule has 3 aliphatic rings. The Morgan fingerprint density at radius 3 is 1.88 bits per heavy atom. The molecule has 3 aliphatic heterocycles. The number of thiocarbonyl (C=S) groups is 1. The molecule has 0 amide bonds. The third-order valence-corrected chi connectivity index (χ3v) is 12.1. The van der Waals surface area contributed by atoms with Crippen molar-refractivity contribution in [2.45, 2.75) is 102 Å². The molecule has 3 fully saturated rings. The molecule has 18 heteroatoms. The molecule has 1 unspecified atom stereocenters. The molecule has 9 atom stereocenters. The van der Waals surface area contributed by atoms with Crippen molar-refractivity contribution in [1.82, 2.24) is 20.2 Å². The first-order valence-corrected chi connectivity index (χ1v) is 22.7. The third kappa shape index (κ3) is 13.2. The fourth-order valence-electron chi connectivity index (χ4n) is 8.74. The van der Waals surface area contributed by atoms with Gasteiger partial charge in [0.15, 0.2) is 24.6 Å². The lowest BCUT2D eigenvalue weighted by atomic mass is 9.83. The van der Waals surface area contributed by atoms with Crippen LogP contribution in [0.1, 0.15) is 80.2 Å². The van der Waals surface area contributed by atoms with E-state index in [0.29, 0.717) is 18.1 Å². The SMILES string of the molecule is CC(=O)OC[C@H]1O[C@@H](CC(=S)NCc2ccc(C3O[C@H](CN4CCN(c5ncccn5)CC4)[C@@H](c4ccccc4)[C@H](c4ccc(CO)cc4)O3)cc2)[C@H](OC(C)=O)[C@@H](OC(C)=O)[C@@H]1OC(C)=O. The number of rotatable bonds is 16. The topological polar surface area (TPSA) is 197 Å². The van der Waals surface area contributed by atoms with Crippen LogP contribution in [0.2, 0.25) is 0 Å². The quantitative estimate of drug-likeness (QED) is 0.0893. The highest BCUT2D eigenvalue weighted by Gasteiger charge is 2.52. The Kier molecular flexibility index (Phi) is 17.0. The number of anilines is 1. The van der Waals surface area contributed by atoms with E-state index in [1.165, 1.54) is 27.7 Å². The molecular weight excluding hydrogens is 883 g/mol. The minimum Gasteiger partial charge on any atom is -0.463 e. The molecule has 2 N–H and O–H groups in total.